The van der Waals surface area contributed by atoms with Gasteiger partial charge in [-0.1, -0.05) is 6.92 Å². The van der Waals surface area contributed by atoms with Crippen molar-refractivity contribution in [1.29, 1.82) is 0 Å². The van der Waals surface area contributed by atoms with E-state index in [0.29, 0.717) is 22.0 Å². The number of nitrogen functional groups attached to an aromatic ring is 1. The molecule has 0 radical (unpaired) electrons. The number of likely N-dealkylation sites (tertiary alicyclic amines) is 1. The molecule has 1 atom stereocenters. The largest absolute Gasteiger partial charge is 0.396 e. The van der Waals surface area contributed by atoms with Crippen LogP contribution in [-0.4, -0.2) is 33.9 Å². The number of nitrogens with zero attached hydrogens (tertiary/aromatic N) is 3. The van der Waals surface area contributed by atoms with Crippen molar-refractivity contribution in [2.45, 2.75) is 19.8 Å². The summed E-state index contributed by atoms with van der Waals surface area (Å²) >= 11 is 1.34. The Morgan fingerprint density at radius 3 is 3.00 bits per heavy atom. The summed E-state index contributed by atoms with van der Waals surface area (Å²) in [6.45, 7) is 3.81. The van der Waals surface area contributed by atoms with Crippen molar-refractivity contribution in [3.05, 3.63) is 17.3 Å². The number of amides is 1. The Morgan fingerprint density at radius 1 is 1.47 bits per heavy atom. The van der Waals surface area contributed by atoms with E-state index in [1.807, 2.05) is 4.90 Å². The molecule has 1 aliphatic rings. The van der Waals surface area contributed by atoms with Crippen LogP contribution in [0, 0.1) is 5.92 Å². The van der Waals surface area contributed by atoms with Gasteiger partial charge in [-0.15, -0.1) is 11.3 Å². The Hall–Kier alpha value is -1.69. The molecular weight excluding hydrogens is 260 g/mol. The molecule has 3 heterocycles. The average Bonchev–Trinajstić information content (AvgIpc) is 2.76. The minimum absolute atomic E-state index is 0.0221. The fourth-order valence-corrected chi connectivity index (χ4v) is 3.51. The Balaban J connectivity index is 1.95. The first-order chi connectivity index (χ1) is 9.16. The number of thiophene rings is 1. The Labute approximate surface area is 115 Å². The van der Waals surface area contributed by atoms with Gasteiger partial charge >= 0.3 is 0 Å². The van der Waals surface area contributed by atoms with Gasteiger partial charge < -0.3 is 10.6 Å². The molecule has 0 saturated carbocycles. The van der Waals surface area contributed by atoms with Gasteiger partial charge in [-0.25, -0.2) is 9.97 Å². The van der Waals surface area contributed by atoms with E-state index in [1.54, 1.807) is 12.4 Å². The molecule has 19 heavy (non-hydrogen) atoms. The molecule has 6 heteroatoms. The lowest BCUT2D eigenvalue weighted by Gasteiger charge is -2.30. The third-order valence-electron chi connectivity index (χ3n) is 3.50. The monoisotopic (exact) mass is 276 g/mol. The number of anilines is 1. The summed E-state index contributed by atoms with van der Waals surface area (Å²) in [6.07, 6.45) is 5.47. The number of carbonyl (C=O) groups is 1. The maximum Gasteiger partial charge on any atom is 0.266 e. The molecule has 1 unspecified atom stereocenters. The van der Waals surface area contributed by atoms with Gasteiger partial charge in [0, 0.05) is 25.5 Å². The average molecular weight is 276 g/mol. The second kappa shape index (κ2) is 4.77. The van der Waals surface area contributed by atoms with Gasteiger partial charge in [0.25, 0.3) is 5.91 Å². The van der Waals surface area contributed by atoms with Crippen molar-refractivity contribution in [2.75, 3.05) is 18.8 Å². The number of fused-ring (bicyclic) bond motifs is 1. The lowest BCUT2D eigenvalue weighted by molar-refractivity contribution is 0.0689. The topological polar surface area (TPSA) is 72.1 Å². The van der Waals surface area contributed by atoms with E-state index in [2.05, 4.69) is 16.9 Å². The Kier molecular flexibility index (Phi) is 3.10. The van der Waals surface area contributed by atoms with Crippen molar-refractivity contribution in [3.63, 3.8) is 0 Å². The molecule has 1 fully saturated rings. The predicted molar refractivity (Wildman–Crippen MR) is 76.1 cm³/mol. The molecule has 100 valence electrons. The summed E-state index contributed by atoms with van der Waals surface area (Å²) in [5.41, 5.74) is 7.15. The van der Waals surface area contributed by atoms with Crippen LogP contribution in [0.3, 0.4) is 0 Å². The highest BCUT2D eigenvalue weighted by atomic mass is 32.1. The van der Waals surface area contributed by atoms with E-state index in [9.17, 15) is 4.79 Å². The van der Waals surface area contributed by atoms with Crippen LogP contribution in [0.5, 0.6) is 0 Å². The van der Waals surface area contributed by atoms with Crippen LogP contribution in [0.25, 0.3) is 10.3 Å². The number of carbonyl (C=O) groups excluding carboxylic acids is 1. The molecule has 1 amide bonds. The lowest BCUT2D eigenvalue weighted by Crippen LogP contribution is -2.39. The summed E-state index contributed by atoms with van der Waals surface area (Å²) in [5, 5.41) is 0. The van der Waals surface area contributed by atoms with E-state index in [-0.39, 0.29) is 5.91 Å². The number of hydrogen-bond donors (Lipinski definition) is 1. The summed E-state index contributed by atoms with van der Waals surface area (Å²) in [7, 11) is 0. The zero-order valence-corrected chi connectivity index (χ0v) is 11.6. The van der Waals surface area contributed by atoms with E-state index >= 15 is 0 Å². The Bertz CT molecular complexity index is 624. The summed E-state index contributed by atoms with van der Waals surface area (Å²) in [4.78, 5) is 24.2. The molecular formula is C13H16N4OS. The highest BCUT2D eigenvalue weighted by Gasteiger charge is 2.26. The minimum Gasteiger partial charge on any atom is -0.396 e. The van der Waals surface area contributed by atoms with Crippen LogP contribution in [0.1, 0.15) is 29.4 Å². The van der Waals surface area contributed by atoms with E-state index in [0.717, 1.165) is 24.3 Å². The quantitative estimate of drug-likeness (QED) is 0.866. The fourth-order valence-electron chi connectivity index (χ4n) is 2.52. The summed E-state index contributed by atoms with van der Waals surface area (Å²) in [5.74, 6) is 0.582. The van der Waals surface area contributed by atoms with Gasteiger partial charge in [0.05, 0.1) is 5.69 Å². The van der Waals surface area contributed by atoms with Gasteiger partial charge in [0.1, 0.15) is 15.2 Å². The van der Waals surface area contributed by atoms with E-state index in [1.165, 1.54) is 17.8 Å². The van der Waals surface area contributed by atoms with Crippen molar-refractivity contribution in [3.8, 4) is 0 Å². The fraction of sp³-hybridized carbons (Fsp3) is 0.462. The number of hydrogen-bond acceptors (Lipinski definition) is 5. The van der Waals surface area contributed by atoms with Gasteiger partial charge in [0.15, 0.2) is 0 Å². The summed E-state index contributed by atoms with van der Waals surface area (Å²) < 4.78 is 0. The molecule has 1 saturated heterocycles. The maximum atomic E-state index is 12.5. The van der Waals surface area contributed by atoms with Gasteiger partial charge in [-0.3, -0.25) is 4.79 Å². The van der Waals surface area contributed by atoms with Crippen LogP contribution >= 0.6 is 11.3 Å². The van der Waals surface area contributed by atoms with E-state index in [4.69, 9.17) is 5.73 Å². The van der Waals surface area contributed by atoms with Crippen molar-refractivity contribution < 1.29 is 4.79 Å². The minimum atomic E-state index is 0.0221. The van der Waals surface area contributed by atoms with Crippen molar-refractivity contribution >= 4 is 33.3 Å². The number of rotatable bonds is 1. The Morgan fingerprint density at radius 2 is 2.26 bits per heavy atom. The molecule has 2 aromatic rings. The zero-order chi connectivity index (χ0) is 13.4. The molecule has 0 aliphatic carbocycles. The molecule has 0 bridgehead atoms. The third kappa shape index (κ3) is 2.16. The molecule has 2 aromatic heterocycles. The highest BCUT2D eigenvalue weighted by Crippen LogP contribution is 2.32. The first-order valence-corrected chi connectivity index (χ1v) is 7.26. The van der Waals surface area contributed by atoms with Crippen molar-refractivity contribution in [1.82, 2.24) is 14.9 Å². The van der Waals surface area contributed by atoms with Gasteiger partial charge in [-0.2, -0.15) is 0 Å². The molecule has 0 aromatic carbocycles. The second-order valence-corrected chi connectivity index (χ2v) is 6.05. The summed E-state index contributed by atoms with van der Waals surface area (Å²) in [6, 6.07) is 0. The zero-order valence-electron chi connectivity index (χ0n) is 10.8. The number of aromatic nitrogens is 2. The molecule has 3 rings (SSSR count). The first-order valence-electron chi connectivity index (χ1n) is 6.45. The van der Waals surface area contributed by atoms with Crippen LogP contribution in [0.4, 0.5) is 5.69 Å². The highest BCUT2D eigenvalue weighted by molar-refractivity contribution is 7.21. The number of nitrogens with two attached hydrogens (primary N) is 1. The van der Waals surface area contributed by atoms with Crippen LogP contribution in [0.2, 0.25) is 0 Å². The molecule has 5 nitrogen and oxygen atoms in total. The normalized spacial score (nSPS) is 19.8. The van der Waals surface area contributed by atoms with Crippen LogP contribution in [-0.2, 0) is 0 Å². The number of piperidine rings is 1. The standard InChI is InChI=1S/C13H16N4OS/c1-8-3-2-6-17(7-8)13(18)11-9(14)10-12(19-11)16-5-4-15-10/h4-5,8H,2-3,6-7,14H2,1H3. The predicted octanol–water partition coefficient (Wildman–Crippen LogP) is 2.15. The smallest absolute Gasteiger partial charge is 0.266 e. The molecule has 0 spiro atoms. The van der Waals surface area contributed by atoms with Crippen molar-refractivity contribution in [2.24, 2.45) is 5.92 Å². The van der Waals surface area contributed by atoms with Gasteiger partial charge in [-0.05, 0) is 18.8 Å². The third-order valence-corrected chi connectivity index (χ3v) is 4.59. The van der Waals surface area contributed by atoms with Crippen LogP contribution in [0.15, 0.2) is 12.4 Å². The van der Waals surface area contributed by atoms with Crippen LogP contribution < -0.4 is 5.73 Å². The first kappa shape index (κ1) is 12.3. The maximum absolute atomic E-state index is 12.5. The SMILES string of the molecule is CC1CCCN(C(=O)c2sc3nccnc3c2N)C1. The molecule has 1 aliphatic heterocycles. The van der Waals surface area contributed by atoms with E-state index < -0.39 is 0 Å². The lowest BCUT2D eigenvalue weighted by atomic mass is 10.0. The second-order valence-electron chi connectivity index (χ2n) is 5.05. The van der Waals surface area contributed by atoms with Gasteiger partial charge in [0.2, 0.25) is 0 Å². The molecule has 2 N–H and O–H groups in total.